The lowest BCUT2D eigenvalue weighted by atomic mass is 9.99. The number of piperidine rings is 1. The third kappa shape index (κ3) is 2.49. The summed E-state index contributed by atoms with van der Waals surface area (Å²) < 4.78 is 26.0. The monoisotopic (exact) mass is 311 g/mol. The van der Waals surface area contributed by atoms with E-state index < -0.39 is 10.0 Å². The SMILES string of the molecule is CNS(=O)(=O)c1ccc(N2C3CCC2CC(O)C3)cc1N. The number of hydrogen-bond donors (Lipinski definition) is 3. The number of sulfonamides is 1. The molecule has 3 rings (SSSR count). The fourth-order valence-corrected chi connectivity index (χ4v) is 4.46. The molecule has 7 heteroatoms. The highest BCUT2D eigenvalue weighted by molar-refractivity contribution is 7.89. The molecule has 2 heterocycles. The van der Waals surface area contributed by atoms with Gasteiger partial charge in [-0.1, -0.05) is 0 Å². The summed E-state index contributed by atoms with van der Waals surface area (Å²) in [7, 11) is -2.16. The van der Waals surface area contributed by atoms with Gasteiger partial charge in [-0.3, -0.25) is 0 Å². The Labute approximate surface area is 125 Å². The van der Waals surface area contributed by atoms with E-state index in [9.17, 15) is 13.5 Å². The highest BCUT2D eigenvalue weighted by atomic mass is 32.2. The summed E-state index contributed by atoms with van der Waals surface area (Å²) in [4.78, 5) is 2.40. The van der Waals surface area contributed by atoms with Gasteiger partial charge in [-0.2, -0.15) is 0 Å². The number of nitrogens with one attached hydrogen (secondary N) is 1. The molecule has 2 aliphatic rings. The highest BCUT2D eigenvalue weighted by Gasteiger charge is 2.40. The molecule has 2 bridgehead atoms. The molecule has 1 aromatic carbocycles. The molecular weight excluding hydrogens is 290 g/mol. The molecule has 0 amide bonds. The zero-order valence-electron chi connectivity index (χ0n) is 12.0. The summed E-state index contributed by atoms with van der Waals surface area (Å²) in [5.74, 6) is 0. The Morgan fingerprint density at radius 3 is 2.43 bits per heavy atom. The lowest BCUT2D eigenvalue weighted by Crippen LogP contribution is -2.44. The number of anilines is 2. The summed E-state index contributed by atoms with van der Waals surface area (Å²) in [6, 6.07) is 5.74. The Bertz CT molecular complexity index is 633. The molecule has 6 nitrogen and oxygen atoms in total. The topological polar surface area (TPSA) is 95.7 Å². The average Bonchev–Trinajstić information content (AvgIpc) is 2.70. The van der Waals surface area contributed by atoms with Crippen LogP contribution in [0, 0.1) is 0 Å². The molecule has 0 saturated carbocycles. The fraction of sp³-hybridized carbons (Fsp3) is 0.571. The summed E-state index contributed by atoms with van der Waals surface area (Å²) in [6.45, 7) is 0. The maximum atomic E-state index is 11.9. The largest absolute Gasteiger partial charge is 0.398 e. The predicted octanol–water partition coefficient (Wildman–Crippen LogP) is 0.669. The number of nitrogens with zero attached hydrogens (tertiary/aromatic N) is 1. The van der Waals surface area contributed by atoms with Gasteiger partial charge in [0.25, 0.3) is 0 Å². The van der Waals surface area contributed by atoms with E-state index in [1.165, 1.54) is 7.05 Å². The maximum absolute atomic E-state index is 11.9. The second-order valence-electron chi connectivity index (χ2n) is 5.85. The molecule has 116 valence electrons. The van der Waals surface area contributed by atoms with E-state index in [0.717, 1.165) is 31.4 Å². The zero-order chi connectivity index (χ0) is 15.2. The minimum Gasteiger partial charge on any atom is -0.398 e. The van der Waals surface area contributed by atoms with Crippen LogP contribution < -0.4 is 15.4 Å². The molecular formula is C14H21N3O3S. The van der Waals surface area contributed by atoms with Gasteiger partial charge in [0.2, 0.25) is 10.0 Å². The minimum atomic E-state index is -3.53. The van der Waals surface area contributed by atoms with Crippen LogP contribution in [-0.4, -0.2) is 38.8 Å². The standard InChI is InChI=1S/C14H21N3O3S/c1-16-21(19,20)14-5-4-11(8-13(14)15)17-9-2-3-10(17)7-12(18)6-9/h4-5,8-10,12,16,18H,2-3,6-7,15H2,1H3. The van der Waals surface area contributed by atoms with Gasteiger partial charge in [0, 0.05) is 17.8 Å². The average molecular weight is 311 g/mol. The molecule has 2 fully saturated rings. The summed E-state index contributed by atoms with van der Waals surface area (Å²) in [5, 5.41) is 9.85. The van der Waals surface area contributed by atoms with Crippen molar-refractivity contribution in [1.29, 1.82) is 0 Å². The lowest BCUT2D eigenvalue weighted by molar-refractivity contribution is 0.126. The van der Waals surface area contributed by atoms with Crippen molar-refractivity contribution in [1.82, 2.24) is 4.72 Å². The van der Waals surface area contributed by atoms with Gasteiger partial charge < -0.3 is 15.7 Å². The first-order chi connectivity index (χ1) is 9.92. The second-order valence-corrected chi connectivity index (χ2v) is 7.70. The van der Waals surface area contributed by atoms with E-state index in [4.69, 9.17) is 5.73 Å². The second kappa shape index (κ2) is 5.15. The summed E-state index contributed by atoms with van der Waals surface area (Å²) >= 11 is 0. The number of nitrogen functional groups attached to an aromatic ring is 1. The fourth-order valence-electron chi connectivity index (χ4n) is 3.62. The first-order valence-corrected chi connectivity index (χ1v) is 8.70. The lowest BCUT2D eigenvalue weighted by Gasteiger charge is -2.39. The van der Waals surface area contributed by atoms with E-state index in [0.29, 0.717) is 12.1 Å². The van der Waals surface area contributed by atoms with Crippen molar-refractivity contribution in [2.75, 3.05) is 17.7 Å². The molecule has 2 unspecified atom stereocenters. The van der Waals surface area contributed by atoms with E-state index in [1.54, 1.807) is 12.1 Å². The maximum Gasteiger partial charge on any atom is 0.242 e. The minimum absolute atomic E-state index is 0.109. The highest BCUT2D eigenvalue weighted by Crippen LogP contribution is 2.40. The van der Waals surface area contributed by atoms with Crippen LogP contribution in [0.4, 0.5) is 11.4 Å². The van der Waals surface area contributed by atoms with Crippen molar-refractivity contribution in [3.05, 3.63) is 18.2 Å². The normalized spacial score (nSPS) is 28.9. The van der Waals surface area contributed by atoms with Crippen LogP contribution in [0.5, 0.6) is 0 Å². The summed E-state index contributed by atoms with van der Waals surface area (Å²) in [5.41, 5.74) is 7.14. The molecule has 1 aromatic rings. The molecule has 2 saturated heterocycles. The van der Waals surface area contributed by atoms with E-state index in [1.807, 2.05) is 6.07 Å². The predicted molar refractivity (Wildman–Crippen MR) is 81.6 cm³/mol. The number of fused-ring (bicyclic) bond motifs is 2. The van der Waals surface area contributed by atoms with E-state index >= 15 is 0 Å². The number of benzene rings is 1. The Kier molecular flexibility index (Phi) is 3.59. The van der Waals surface area contributed by atoms with Gasteiger partial charge in [0.15, 0.2) is 0 Å². The molecule has 0 aliphatic carbocycles. The van der Waals surface area contributed by atoms with Crippen molar-refractivity contribution in [2.24, 2.45) is 0 Å². The van der Waals surface area contributed by atoms with Gasteiger partial charge in [0.1, 0.15) is 4.90 Å². The van der Waals surface area contributed by atoms with Crippen LogP contribution in [0.25, 0.3) is 0 Å². The molecule has 2 atom stereocenters. The van der Waals surface area contributed by atoms with Crippen LogP contribution >= 0.6 is 0 Å². The van der Waals surface area contributed by atoms with Crippen LogP contribution in [0.2, 0.25) is 0 Å². The van der Waals surface area contributed by atoms with Crippen LogP contribution in [-0.2, 0) is 10.0 Å². The number of aliphatic hydroxyl groups excluding tert-OH is 1. The third-order valence-electron chi connectivity index (χ3n) is 4.56. The quantitative estimate of drug-likeness (QED) is 0.713. The van der Waals surface area contributed by atoms with Crippen molar-refractivity contribution >= 4 is 21.4 Å². The number of rotatable bonds is 3. The molecule has 21 heavy (non-hydrogen) atoms. The summed E-state index contributed by atoms with van der Waals surface area (Å²) in [6.07, 6.45) is 3.45. The number of hydrogen-bond acceptors (Lipinski definition) is 5. The number of nitrogens with two attached hydrogens (primary N) is 1. The molecule has 2 aliphatic heterocycles. The van der Waals surface area contributed by atoms with Crippen molar-refractivity contribution in [3.63, 3.8) is 0 Å². The van der Waals surface area contributed by atoms with Gasteiger partial charge in [0.05, 0.1) is 11.8 Å². The number of aliphatic hydroxyl groups is 1. The van der Waals surface area contributed by atoms with Gasteiger partial charge in [-0.25, -0.2) is 13.1 Å². The van der Waals surface area contributed by atoms with Crippen molar-refractivity contribution < 1.29 is 13.5 Å². The zero-order valence-corrected chi connectivity index (χ0v) is 12.8. The van der Waals surface area contributed by atoms with Crippen LogP contribution in [0.3, 0.4) is 0 Å². The van der Waals surface area contributed by atoms with E-state index in [-0.39, 0.29) is 16.7 Å². The Morgan fingerprint density at radius 2 is 1.90 bits per heavy atom. The van der Waals surface area contributed by atoms with Crippen molar-refractivity contribution in [3.8, 4) is 0 Å². The van der Waals surface area contributed by atoms with E-state index in [2.05, 4.69) is 9.62 Å². The van der Waals surface area contributed by atoms with Gasteiger partial charge in [-0.15, -0.1) is 0 Å². The van der Waals surface area contributed by atoms with Crippen LogP contribution in [0.1, 0.15) is 25.7 Å². The Hall–Kier alpha value is -1.31. The smallest absolute Gasteiger partial charge is 0.242 e. The van der Waals surface area contributed by atoms with Gasteiger partial charge >= 0.3 is 0 Å². The molecule has 0 aromatic heterocycles. The third-order valence-corrected chi connectivity index (χ3v) is 6.05. The van der Waals surface area contributed by atoms with Gasteiger partial charge in [-0.05, 0) is 50.9 Å². The first-order valence-electron chi connectivity index (χ1n) is 7.22. The van der Waals surface area contributed by atoms with Crippen molar-refractivity contribution in [2.45, 2.75) is 48.8 Å². The molecule has 0 spiro atoms. The first kappa shape index (κ1) is 14.6. The van der Waals surface area contributed by atoms with Crippen LogP contribution in [0.15, 0.2) is 23.1 Å². The Morgan fingerprint density at radius 1 is 1.29 bits per heavy atom. The molecule has 0 radical (unpaired) electrons. The molecule has 4 N–H and O–H groups in total. The Balaban J connectivity index is 1.93.